The highest BCUT2D eigenvalue weighted by atomic mass is 19.4. The van der Waals surface area contributed by atoms with E-state index < -0.39 is 12.6 Å². The SMILES string of the molecule is CCNCc1c(C)nn(CCC(F)(F)F)c1C. The van der Waals surface area contributed by atoms with Gasteiger partial charge in [0, 0.05) is 24.3 Å². The molecular weight excluding hydrogens is 231 g/mol. The number of halogens is 3. The van der Waals surface area contributed by atoms with Crippen LogP contribution in [-0.2, 0) is 13.1 Å². The van der Waals surface area contributed by atoms with E-state index in [0.717, 1.165) is 23.5 Å². The predicted octanol–water partition coefficient (Wildman–Crippen LogP) is 2.56. The Morgan fingerprint density at radius 2 is 1.94 bits per heavy atom. The van der Waals surface area contributed by atoms with E-state index in [2.05, 4.69) is 10.4 Å². The first-order chi connectivity index (χ1) is 7.85. The summed E-state index contributed by atoms with van der Waals surface area (Å²) in [6, 6.07) is 0. The molecule has 0 aliphatic heterocycles. The van der Waals surface area contributed by atoms with Crippen molar-refractivity contribution in [1.29, 1.82) is 0 Å². The first-order valence-corrected chi connectivity index (χ1v) is 5.65. The molecule has 0 saturated heterocycles. The van der Waals surface area contributed by atoms with Gasteiger partial charge in [-0.25, -0.2) is 0 Å². The van der Waals surface area contributed by atoms with Crippen LogP contribution < -0.4 is 5.32 Å². The topological polar surface area (TPSA) is 29.9 Å². The van der Waals surface area contributed by atoms with Crippen LogP contribution in [0.3, 0.4) is 0 Å². The fraction of sp³-hybridized carbons (Fsp3) is 0.727. The molecule has 1 rings (SSSR count). The van der Waals surface area contributed by atoms with Crippen molar-refractivity contribution in [2.75, 3.05) is 6.54 Å². The summed E-state index contributed by atoms with van der Waals surface area (Å²) in [5.41, 5.74) is 2.60. The molecule has 0 amide bonds. The van der Waals surface area contributed by atoms with Crippen LogP contribution >= 0.6 is 0 Å². The van der Waals surface area contributed by atoms with Gasteiger partial charge in [0.25, 0.3) is 0 Å². The first kappa shape index (κ1) is 14.0. The van der Waals surface area contributed by atoms with E-state index in [-0.39, 0.29) is 6.54 Å². The van der Waals surface area contributed by atoms with E-state index >= 15 is 0 Å². The van der Waals surface area contributed by atoms with Crippen molar-refractivity contribution in [3.05, 3.63) is 17.0 Å². The molecule has 0 bridgehead atoms. The molecule has 0 atom stereocenters. The third-order valence-corrected chi connectivity index (χ3v) is 2.69. The van der Waals surface area contributed by atoms with Gasteiger partial charge in [-0.05, 0) is 20.4 Å². The van der Waals surface area contributed by atoms with Gasteiger partial charge in [-0.15, -0.1) is 0 Å². The monoisotopic (exact) mass is 249 g/mol. The van der Waals surface area contributed by atoms with Crippen LogP contribution in [0.4, 0.5) is 13.2 Å². The highest BCUT2D eigenvalue weighted by Crippen LogP contribution is 2.21. The minimum Gasteiger partial charge on any atom is -0.313 e. The minimum atomic E-state index is -4.13. The van der Waals surface area contributed by atoms with Crippen LogP contribution in [-0.4, -0.2) is 22.5 Å². The Morgan fingerprint density at radius 3 is 2.47 bits per heavy atom. The van der Waals surface area contributed by atoms with Crippen molar-refractivity contribution in [1.82, 2.24) is 15.1 Å². The van der Waals surface area contributed by atoms with Gasteiger partial charge >= 0.3 is 6.18 Å². The molecule has 0 aliphatic carbocycles. The summed E-state index contributed by atoms with van der Waals surface area (Å²) in [7, 11) is 0. The number of nitrogens with one attached hydrogen (secondary N) is 1. The van der Waals surface area contributed by atoms with Crippen LogP contribution in [0.1, 0.15) is 30.3 Å². The maximum absolute atomic E-state index is 12.1. The van der Waals surface area contributed by atoms with Gasteiger partial charge in [0.15, 0.2) is 0 Å². The van der Waals surface area contributed by atoms with Crippen molar-refractivity contribution >= 4 is 0 Å². The summed E-state index contributed by atoms with van der Waals surface area (Å²) in [6.07, 6.45) is -4.97. The zero-order chi connectivity index (χ0) is 13.1. The smallest absolute Gasteiger partial charge is 0.313 e. The van der Waals surface area contributed by atoms with Crippen molar-refractivity contribution in [2.45, 2.75) is 46.5 Å². The third kappa shape index (κ3) is 4.03. The normalized spacial score (nSPS) is 12.1. The van der Waals surface area contributed by atoms with Gasteiger partial charge < -0.3 is 5.32 Å². The Bertz CT molecular complexity index is 369. The van der Waals surface area contributed by atoms with Gasteiger partial charge in [-0.2, -0.15) is 18.3 Å². The molecule has 1 N–H and O–H groups in total. The van der Waals surface area contributed by atoms with Gasteiger partial charge in [0.05, 0.1) is 12.1 Å². The van der Waals surface area contributed by atoms with Crippen LogP contribution in [0.25, 0.3) is 0 Å². The molecule has 0 saturated carbocycles. The molecule has 98 valence electrons. The number of alkyl halides is 3. The first-order valence-electron chi connectivity index (χ1n) is 5.65. The summed E-state index contributed by atoms with van der Waals surface area (Å²) in [4.78, 5) is 0. The maximum atomic E-state index is 12.1. The lowest BCUT2D eigenvalue weighted by Crippen LogP contribution is -2.15. The Kier molecular flexibility index (Phi) is 4.56. The fourth-order valence-electron chi connectivity index (χ4n) is 1.69. The van der Waals surface area contributed by atoms with E-state index in [1.807, 2.05) is 20.8 Å². The lowest BCUT2D eigenvalue weighted by atomic mass is 10.2. The molecule has 0 unspecified atom stereocenters. The van der Waals surface area contributed by atoms with Gasteiger partial charge in [-0.1, -0.05) is 6.92 Å². The highest BCUT2D eigenvalue weighted by molar-refractivity contribution is 5.24. The van der Waals surface area contributed by atoms with E-state index in [4.69, 9.17) is 0 Å². The van der Waals surface area contributed by atoms with Crippen molar-refractivity contribution in [2.24, 2.45) is 0 Å². The number of nitrogens with zero attached hydrogens (tertiary/aromatic N) is 2. The largest absolute Gasteiger partial charge is 0.390 e. The molecule has 3 nitrogen and oxygen atoms in total. The summed E-state index contributed by atoms with van der Waals surface area (Å²) in [5.74, 6) is 0. The Hall–Kier alpha value is -1.04. The molecule has 0 radical (unpaired) electrons. The average molecular weight is 249 g/mol. The molecule has 1 aromatic rings. The van der Waals surface area contributed by atoms with Crippen LogP contribution in [0.2, 0.25) is 0 Å². The van der Waals surface area contributed by atoms with Crippen LogP contribution in [0.15, 0.2) is 0 Å². The number of aromatic nitrogens is 2. The van der Waals surface area contributed by atoms with Crippen molar-refractivity contribution in [3.8, 4) is 0 Å². The quantitative estimate of drug-likeness (QED) is 0.869. The lowest BCUT2D eigenvalue weighted by molar-refractivity contribution is -0.137. The zero-order valence-electron chi connectivity index (χ0n) is 10.4. The Balaban J connectivity index is 2.74. The van der Waals surface area contributed by atoms with Gasteiger partial charge in [-0.3, -0.25) is 4.68 Å². The summed E-state index contributed by atoms with van der Waals surface area (Å²) in [5, 5.41) is 7.30. The van der Waals surface area contributed by atoms with Crippen LogP contribution in [0.5, 0.6) is 0 Å². The van der Waals surface area contributed by atoms with E-state index in [1.165, 1.54) is 4.68 Å². The minimum absolute atomic E-state index is 0.109. The van der Waals surface area contributed by atoms with Crippen molar-refractivity contribution in [3.63, 3.8) is 0 Å². The Labute approximate surface area is 99.0 Å². The third-order valence-electron chi connectivity index (χ3n) is 2.69. The predicted molar refractivity (Wildman–Crippen MR) is 59.8 cm³/mol. The second-order valence-electron chi connectivity index (χ2n) is 4.02. The second-order valence-corrected chi connectivity index (χ2v) is 4.02. The fourth-order valence-corrected chi connectivity index (χ4v) is 1.69. The Morgan fingerprint density at radius 1 is 1.29 bits per heavy atom. The molecule has 0 fully saturated rings. The summed E-state index contributed by atoms with van der Waals surface area (Å²) < 4.78 is 37.8. The second kappa shape index (κ2) is 5.53. The average Bonchev–Trinajstić information content (AvgIpc) is 2.48. The highest BCUT2D eigenvalue weighted by Gasteiger charge is 2.27. The summed E-state index contributed by atoms with van der Waals surface area (Å²) in [6.45, 7) is 6.99. The number of hydrogen-bond acceptors (Lipinski definition) is 2. The van der Waals surface area contributed by atoms with E-state index in [9.17, 15) is 13.2 Å². The lowest BCUT2D eigenvalue weighted by Gasteiger charge is -2.08. The summed E-state index contributed by atoms with van der Waals surface area (Å²) >= 11 is 0. The van der Waals surface area contributed by atoms with E-state index in [0.29, 0.717) is 6.54 Å². The molecule has 1 aromatic heterocycles. The molecule has 17 heavy (non-hydrogen) atoms. The zero-order valence-corrected chi connectivity index (χ0v) is 10.4. The van der Waals surface area contributed by atoms with E-state index in [1.54, 1.807) is 0 Å². The van der Waals surface area contributed by atoms with Gasteiger partial charge in [0.2, 0.25) is 0 Å². The number of aryl methyl sites for hydroxylation is 2. The van der Waals surface area contributed by atoms with Gasteiger partial charge in [0.1, 0.15) is 0 Å². The molecule has 0 aliphatic rings. The van der Waals surface area contributed by atoms with Crippen molar-refractivity contribution < 1.29 is 13.2 Å². The standard InChI is InChI=1S/C11H18F3N3/c1-4-15-7-10-8(2)16-17(9(10)3)6-5-11(12,13)14/h15H,4-7H2,1-3H3. The molecule has 1 heterocycles. The molecule has 0 spiro atoms. The van der Waals surface area contributed by atoms with Crippen LogP contribution in [0, 0.1) is 13.8 Å². The number of hydrogen-bond donors (Lipinski definition) is 1. The molecule has 0 aromatic carbocycles. The maximum Gasteiger partial charge on any atom is 0.390 e. The number of rotatable bonds is 5. The molecule has 6 heteroatoms. The molecular formula is C11H18F3N3.